The molecule has 4 heteroatoms. The van der Waals surface area contributed by atoms with E-state index in [0.29, 0.717) is 0 Å². The molecule has 1 aromatic rings. The van der Waals surface area contributed by atoms with Gasteiger partial charge in [-0.3, -0.25) is 4.79 Å². The fourth-order valence-electron chi connectivity index (χ4n) is 1.33. The molecule has 84 valence electrons. The molecule has 0 aliphatic rings. The zero-order valence-corrected chi connectivity index (χ0v) is 11.4. The van der Waals surface area contributed by atoms with E-state index in [1.165, 1.54) is 5.56 Å². The fourth-order valence-corrected chi connectivity index (χ4v) is 2.15. The standard InChI is InChI=1S/C11H16BrNOS/c1-3-10(12)11(14)13-8(2)6-9-4-5-15-7-9/h4-5,7-8,10H,3,6H2,1-2H3,(H,13,14). The molecule has 0 aromatic carbocycles. The molecule has 0 spiro atoms. The molecule has 0 fully saturated rings. The molecule has 0 aliphatic carbocycles. The Hall–Kier alpha value is -0.350. The molecule has 0 saturated heterocycles. The Kier molecular flexibility index (Phi) is 5.32. The normalized spacial score (nSPS) is 14.6. The van der Waals surface area contributed by atoms with Crippen molar-refractivity contribution < 1.29 is 4.79 Å². The van der Waals surface area contributed by atoms with Crippen molar-refractivity contribution in [2.75, 3.05) is 0 Å². The van der Waals surface area contributed by atoms with Crippen molar-refractivity contribution in [2.45, 2.75) is 37.6 Å². The molecular weight excluding hydrogens is 274 g/mol. The zero-order chi connectivity index (χ0) is 11.3. The van der Waals surface area contributed by atoms with Crippen LogP contribution in [0.3, 0.4) is 0 Å². The van der Waals surface area contributed by atoms with Gasteiger partial charge in [-0.25, -0.2) is 0 Å². The second-order valence-corrected chi connectivity index (χ2v) is 5.51. The fraction of sp³-hybridized carbons (Fsp3) is 0.545. The van der Waals surface area contributed by atoms with Crippen LogP contribution in [-0.2, 0) is 11.2 Å². The number of thiophene rings is 1. The first-order valence-electron chi connectivity index (χ1n) is 5.09. The molecule has 2 nitrogen and oxygen atoms in total. The summed E-state index contributed by atoms with van der Waals surface area (Å²) in [6, 6.07) is 2.29. The monoisotopic (exact) mass is 289 g/mol. The number of carbonyl (C=O) groups is 1. The Morgan fingerprint density at radius 2 is 2.40 bits per heavy atom. The lowest BCUT2D eigenvalue weighted by Crippen LogP contribution is -2.38. The van der Waals surface area contributed by atoms with E-state index in [1.54, 1.807) is 11.3 Å². The minimum Gasteiger partial charge on any atom is -0.352 e. The number of halogens is 1. The first-order valence-corrected chi connectivity index (χ1v) is 6.94. The third-order valence-corrected chi connectivity index (χ3v) is 3.95. The van der Waals surface area contributed by atoms with Gasteiger partial charge in [0, 0.05) is 6.04 Å². The number of rotatable bonds is 5. The van der Waals surface area contributed by atoms with Gasteiger partial charge in [0.25, 0.3) is 0 Å². The highest BCUT2D eigenvalue weighted by atomic mass is 79.9. The SMILES string of the molecule is CCC(Br)C(=O)NC(C)Cc1ccsc1. The highest BCUT2D eigenvalue weighted by molar-refractivity contribution is 9.10. The molecule has 1 heterocycles. The summed E-state index contributed by atoms with van der Waals surface area (Å²) in [5, 5.41) is 7.17. The molecule has 2 atom stereocenters. The minimum atomic E-state index is -0.0672. The third-order valence-electron chi connectivity index (χ3n) is 2.15. The van der Waals surface area contributed by atoms with Crippen LogP contribution in [0, 0.1) is 0 Å². The van der Waals surface area contributed by atoms with Crippen LogP contribution in [0.4, 0.5) is 0 Å². The highest BCUT2D eigenvalue weighted by Gasteiger charge is 2.14. The van der Waals surface area contributed by atoms with Crippen LogP contribution in [-0.4, -0.2) is 16.8 Å². The van der Waals surface area contributed by atoms with Gasteiger partial charge in [0.1, 0.15) is 0 Å². The summed E-state index contributed by atoms with van der Waals surface area (Å²) in [6.07, 6.45) is 1.72. The van der Waals surface area contributed by atoms with Crippen molar-refractivity contribution in [1.82, 2.24) is 5.32 Å². The van der Waals surface area contributed by atoms with Crippen LogP contribution in [0.25, 0.3) is 0 Å². The number of hydrogen-bond acceptors (Lipinski definition) is 2. The largest absolute Gasteiger partial charge is 0.352 e. The summed E-state index contributed by atoms with van der Waals surface area (Å²) in [4.78, 5) is 11.5. The summed E-state index contributed by atoms with van der Waals surface area (Å²) >= 11 is 5.03. The van der Waals surface area contributed by atoms with Gasteiger partial charge in [-0.1, -0.05) is 22.9 Å². The molecule has 1 amide bonds. The van der Waals surface area contributed by atoms with Crippen molar-refractivity contribution >= 4 is 33.2 Å². The number of nitrogens with one attached hydrogen (secondary N) is 1. The number of carbonyl (C=O) groups excluding carboxylic acids is 1. The van der Waals surface area contributed by atoms with Crippen molar-refractivity contribution in [3.63, 3.8) is 0 Å². The second-order valence-electron chi connectivity index (χ2n) is 3.62. The molecule has 0 bridgehead atoms. The van der Waals surface area contributed by atoms with Gasteiger partial charge in [-0.05, 0) is 42.2 Å². The Balaban J connectivity index is 2.36. The van der Waals surface area contributed by atoms with Gasteiger partial charge in [-0.2, -0.15) is 11.3 Å². The molecule has 1 N–H and O–H groups in total. The molecule has 2 unspecified atom stereocenters. The van der Waals surface area contributed by atoms with Gasteiger partial charge in [0.2, 0.25) is 5.91 Å². The van der Waals surface area contributed by atoms with E-state index in [2.05, 4.69) is 38.1 Å². The molecule has 0 aliphatic heterocycles. The smallest absolute Gasteiger partial charge is 0.233 e. The average molecular weight is 290 g/mol. The lowest BCUT2D eigenvalue weighted by Gasteiger charge is -2.15. The number of alkyl halides is 1. The average Bonchev–Trinajstić information content (AvgIpc) is 2.68. The summed E-state index contributed by atoms with van der Waals surface area (Å²) in [5.74, 6) is 0.0835. The summed E-state index contributed by atoms with van der Waals surface area (Å²) in [7, 11) is 0. The van der Waals surface area contributed by atoms with Crippen molar-refractivity contribution in [3.8, 4) is 0 Å². The lowest BCUT2D eigenvalue weighted by molar-refractivity contribution is -0.121. The Morgan fingerprint density at radius 1 is 1.67 bits per heavy atom. The molecule has 0 saturated carbocycles. The zero-order valence-electron chi connectivity index (χ0n) is 9.00. The first kappa shape index (κ1) is 12.7. The van der Waals surface area contributed by atoms with Crippen LogP contribution in [0.5, 0.6) is 0 Å². The molecule has 0 radical (unpaired) electrons. The predicted molar refractivity (Wildman–Crippen MR) is 68.6 cm³/mol. The van der Waals surface area contributed by atoms with Gasteiger partial charge in [0.15, 0.2) is 0 Å². The van der Waals surface area contributed by atoms with E-state index in [4.69, 9.17) is 0 Å². The molecule has 1 rings (SSSR count). The molecular formula is C11H16BrNOS. The maximum atomic E-state index is 11.6. The lowest BCUT2D eigenvalue weighted by atomic mass is 10.1. The quantitative estimate of drug-likeness (QED) is 0.830. The second kappa shape index (κ2) is 6.28. The van der Waals surface area contributed by atoms with Crippen LogP contribution in [0.15, 0.2) is 16.8 Å². The van der Waals surface area contributed by atoms with E-state index >= 15 is 0 Å². The Labute approximate surface area is 103 Å². The van der Waals surface area contributed by atoms with E-state index < -0.39 is 0 Å². The Morgan fingerprint density at radius 3 is 2.93 bits per heavy atom. The minimum absolute atomic E-state index is 0.0672. The van der Waals surface area contributed by atoms with E-state index in [1.807, 2.05) is 13.8 Å². The van der Waals surface area contributed by atoms with Gasteiger partial charge in [0.05, 0.1) is 4.83 Å². The van der Waals surface area contributed by atoms with Crippen LogP contribution in [0.2, 0.25) is 0 Å². The Bertz CT molecular complexity index is 300. The number of amides is 1. The predicted octanol–water partition coefficient (Wildman–Crippen LogP) is 2.97. The van der Waals surface area contributed by atoms with Gasteiger partial charge < -0.3 is 5.32 Å². The van der Waals surface area contributed by atoms with Crippen LogP contribution < -0.4 is 5.32 Å². The highest BCUT2D eigenvalue weighted by Crippen LogP contribution is 2.09. The maximum absolute atomic E-state index is 11.6. The van der Waals surface area contributed by atoms with Crippen molar-refractivity contribution in [1.29, 1.82) is 0 Å². The summed E-state index contributed by atoms with van der Waals surface area (Å²) < 4.78 is 0. The third kappa shape index (κ3) is 4.34. The van der Waals surface area contributed by atoms with E-state index in [-0.39, 0.29) is 16.8 Å². The first-order chi connectivity index (χ1) is 7.13. The maximum Gasteiger partial charge on any atom is 0.233 e. The van der Waals surface area contributed by atoms with Gasteiger partial charge in [-0.15, -0.1) is 0 Å². The molecule has 15 heavy (non-hydrogen) atoms. The summed E-state index contributed by atoms with van der Waals surface area (Å²) in [5.41, 5.74) is 1.29. The van der Waals surface area contributed by atoms with Gasteiger partial charge >= 0.3 is 0 Å². The van der Waals surface area contributed by atoms with Crippen molar-refractivity contribution in [3.05, 3.63) is 22.4 Å². The van der Waals surface area contributed by atoms with Crippen LogP contribution in [0.1, 0.15) is 25.8 Å². The van der Waals surface area contributed by atoms with Crippen molar-refractivity contribution in [2.24, 2.45) is 0 Å². The number of hydrogen-bond donors (Lipinski definition) is 1. The molecule has 1 aromatic heterocycles. The van der Waals surface area contributed by atoms with E-state index in [0.717, 1.165) is 12.8 Å². The van der Waals surface area contributed by atoms with Crippen LogP contribution >= 0.6 is 27.3 Å². The van der Waals surface area contributed by atoms with E-state index in [9.17, 15) is 4.79 Å². The summed E-state index contributed by atoms with van der Waals surface area (Å²) in [6.45, 7) is 4.02. The topological polar surface area (TPSA) is 29.1 Å².